The Bertz CT molecular complexity index is 842. The maximum atomic E-state index is 12.8. The summed E-state index contributed by atoms with van der Waals surface area (Å²) >= 11 is 0. The van der Waals surface area contributed by atoms with Crippen molar-refractivity contribution in [2.75, 3.05) is 18.4 Å². The van der Waals surface area contributed by atoms with Crippen molar-refractivity contribution in [2.45, 2.75) is 37.1 Å². The Morgan fingerprint density at radius 1 is 1.04 bits per heavy atom. The number of aryl methyl sites for hydroxylation is 1. The van der Waals surface area contributed by atoms with E-state index in [0.29, 0.717) is 25.9 Å². The molecule has 5 heteroatoms. The smallest absolute Gasteiger partial charge is 0.241 e. The van der Waals surface area contributed by atoms with Crippen LogP contribution in [-0.4, -0.2) is 35.8 Å². The van der Waals surface area contributed by atoms with E-state index >= 15 is 0 Å². The Labute approximate surface area is 159 Å². The van der Waals surface area contributed by atoms with Gasteiger partial charge in [-0.2, -0.15) is 0 Å². The quantitative estimate of drug-likeness (QED) is 0.880. The Hall–Kier alpha value is -2.66. The number of fused-ring (bicyclic) bond motifs is 1. The number of hydrogen-bond acceptors (Lipinski definition) is 3. The van der Waals surface area contributed by atoms with Crippen molar-refractivity contribution in [3.05, 3.63) is 65.7 Å². The van der Waals surface area contributed by atoms with Gasteiger partial charge >= 0.3 is 0 Å². The summed E-state index contributed by atoms with van der Waals surface area (Å²) in [6, 6.07) is 17.6. The van der Waals surface area contributed by atoms with Crippen molar-refractivity contribution in [3.63, 3.8) is 0 Å². The summed E-state index contributed by atoms with van der Waals surface area (Å²) in [6.07, 6.45) is 2.94. The second-order valence-corrected chi connectivity index (χ2v) is 7.55. The highest BCUT2D eigenvalue weighted by molar-refractivity contribution is 5.96. The van der Waals surface area contributed by atoms with Crippen LogP contribution in [0.1, 0.15) is 30.4 Å². The molecule has 1 atom stereocenters. The Kier molecular flexibility index (Phi) is 4.70. The van der Waals surface area contributed by atoms with Gasteiger partial charge in [-0.15, -0.1) is 0 Å². The predicted molar refractivity (Wildman–Crippen MR) is 105 cm³/mol. The van der Waals surface area contributed by atoms with E-state index in [0.717, 1.165) is 24.1 Å². The summed E-state index contributed by atoms with van der Waals surface area (Å²) in [4.78, 5) is 27.4. The second kappa shape index (κ2) is 7.16. The number of anilines is 1. The number of carbonyl (C=O) groups excluding carboxylic acids is 2. The molecule has 140 valence electrons. The number of primary amides is 1. The van der Waals surface area contributed by atoms with Crippen LogP contribution in [-0.2, 0) is 21.4 Å². The minimum atomic E-state index is -0.637. The molecule has 5 nitrogen and oxygen atoms in total. The van der Waals surface area contributed by atoms with Gasteiger partial charge in [0.05, 0.1) is 11.5 Å². The molecule has 2 aliphatic heterocycles. The summed E-state index contributed by atoms with van der Waals surface area (Å²) in [5.41, 5.74) is 8.27. The van der Waals surface area contributed by atoms with Gasteiger partial charge < -0.3 is 11.1 Å². The van der Waals surface area contributed by atoms with E-state index in [2.05, 4.69) is 16.3 Å². The number of nitrogens with one attached hydrogen (secondary N) is 1. The number of para-hydroxylation sites is 1. The van der Waals surface area contributed by atoms with E-state index in [4.69, 9.17) is 5.73 Å². The lowest BCUT2D eigenvalue weighted by molar-refractivity contribution is -0.126. The van der Waals surface area contributed by atoms with Gasteiger partial charge in [0.1, 0.15) is 0 Å². The molecule has 1 fully saturated rings. The molecule has 3 N–H and O–H groups in total. The topological polar surface area (TPSA) is 75.4 Å². The molecule has 0 saturated carbocycles. The Morgan fingerprint density at radius 3 is 2.41 bits per heavy atom. The SMILES string of the molecule is NC(=O)C1(c2ccccc2)CCN(C2CCc3ccccc3NC2=O)CC1. The fourth-order valence-electron chi connectivity index (χ4n) is 4.50. The van der Waals surface area contributed by atoms with Gasteiger partial charge in [-0.3, -0.25) is 14.5 Å². The second-order valence-electron chi connectivity index (χ2n) is 7.55. The van der Waals surface area contributed by atoms with Crippen LogP contribution in [0.2, 0.25) is 0 Å². The van der Waals surface area contributed by atoms with E-state index in [9.17, 15) is 9.59 Å². The summed E-state index contributed by atoms with van der Waals surface area (Å²) in [5.74, 6) is -0.225. The molecule has 0 aromatic heterocycles. The summed E-state index contributed by atoms with van der Waals surface area (Å²) < 4.78 is 0. The lowest BCUT2D eigenvalue weighted by Gasteiger charge is -2.42. The summed E-state index contributed by atoms with van der Waals surface area (Å²) in [6.45, 7) is 1.37. The Morgan fingerprint density at radius 2 is 1.70 bits per heavy atom. The standard InChI is InChI=1S/C22H25N3O2/c23-21(27)22(17-7-2-1-3-8-17)12-14-25(15-13-22)19-11-10-16-6-4-5-9-18(16)24-20(19)26/h1-9,19H,10-15H2,(H2,23,27)(H,24,26). The number of hydrogen-bond donors (Lipinski definition) is 2. The molecule has 0 aliphatic carbocycles. The average molecular weight is 363 g/mol. The first kappa shape index (κ1) is 17.7. The zero-order chi connectivity index (χ0) is 18.9. The van der Waals surface area contributed by atoms with Gasteiger partial charge in [0, 0.05) is 18.8 Å². The fraction of sp³-hybridized carbons (Fsp3) is 0.364. The molecule has 2 aromatic carbocycles. The number of carbonyl (C=O) groups is 2. The minimum absolute atomic E-state index is 0.0474. The molecule has 2 amide bonds. The molecule has 27 heavy (non-hydrogen) atoms. The highest BCUT2D eigenvalue weighted by Crippen LogP contribution is 2.37. The van der Waals surface area contributed by atoms with Gasteiger partial charge in [-0.1, -0.05) is 48.5 Å². The average Bonchev–Trinajstić information content (AvgIpc) is 2.87. The van der Waals surface area contributed by atoms with Crippen LogP contribution in [0, 0.1) is 0 Å². The summed E-state index contributed by atoms with van der Waals surface area (Å²) in [7, 11) is 0. The van der Waals surface area contributed by atoms with Crippen molar-refractivity contribution in [2.24, 2.45) is 5.73 Å². The lowest BCUT2D eigenvalue weighted by atomic mass is 9.72. The van der Waals surface area contributed by atoms with Crippen LogP contribution in [0.5, 0.6) is 0 Å². The van der Waals surface area contributed by atoms with Crippen LogP contribution in [0.15, 0.2) is 54.6 Å². The number of rotatable bonds is 3. The maximum absolute atomic E-state index is 12.8. The van der Waals surface area contributed by atoms with Crippen molar-refractivity contribution in [1.29, 1.82) is 0 Å². The first-order valence-corrected chi connectivity index (χ1v) is 9.58. The fourth-order valence-corrected chi connectivity index (χ4v) is 4.50. The van der Waals surface area contributed by atoms with Crippen LogP contribution in [0.4, 0.5) is 5.69 Å². The normalized spacial score (nSPS) is 22.4. The van der Waals surface area contributed by atoms with Crippen molar-refractivity contribution < 1.29 is 9.59 Å². The third kappa shape index (κ3) is 3.23. The molecule has 2 aromatic rings. The van der Waals surface area contributed by atoms with Crippen molar-refractivity contribution in [1.82, 2.24) is 4.90 Å². The predicted octanol–water partition coefficient (Wildman–Crippen LogP) is 2.46. The number of amides is 2. The molecular formula is C22H25N3O2. The Balaban J connectivity index is 1.51. The minimum Gasteiger partial charge on any atom is -0.369 e. The highest BCUT2D eigenvalue weighted by Gasteiger charge is 2.43. The third-order valence-electron chi connectivity index (χ3n) is 6.16. The largest absolute Gasteiger partial charge is 0.369 e. The first-order chi connectivity index (χ1) is 13.1. The molecular weight excluding hydrogens is 338 g/mol. The molecule has 2 heterocycles. The van der Waals surface area contributed by atoms with Crippen LogP contribution < -0.4 is 11.1 Å². The molecule has 0 radical (unpaired) electrons. The van der Waals surface area contributed by atoms with E-state index in [-0.39, 0.29) is 17.9 Å². The van der Waals surface area contributed by atoms with Gasteiger partial charge in [0.15, 0.2) is 0 Å². The number of nitrogens with zero attached hydrogens (tertiary/aromatic N) is 1. The molecule has 0 bridgehead atoms. The zero-order valence-electron chi connectivity index (χ0n) is 15.4. The van der Waals surface area contributed by atoms with E-state index < -0.39 is 5.41 Å². The lowest BCUT2D eigenvalue weighted by Crippen LogP contribution is -2.54. The molecule has 2 aliphatic rings. The monoisotopic (exact) mass is 363 g/mol. The van der Waals surface area contributed by atoms with Crippen LogP contribution in [0.3, 0.4) is 0 Å². The molecule has 4 rings (SSSR count). The van der Waals surface area contributed by atoms with E-state index in [1.807, 2.05) is 48.5 Å². The van der Waals surface area contributed by atoms with E-state index in [1.54, 1.807) is 0 Å². The van der Waals surface area contributed by atoms with Crippen molar-refractivity contribution in [3.8, 4) is 0 Å². The van der Waals surface area contributed by atoms with Crippen molar-refractivity contribution >= 4 is 17.5 Å². The van der Waals surface area contributed by atoms with E-state index in [1.165, 1.54) is 5.56 Å². The number of benzene rings is 2. The number of piperidine rings is 1. The number of likely N-dealkylation sites (tertiary alicyclic amines) is 1. The number of nitrogens with two attached hydrogens (primary N) is 1. The van der Waals surface area contributed by atoms with Gasteiger partial charge in [-0.25, -0.2) is 0 Å². The molecule has 0 spiro atoms. The first-order valence-electron chi connectivity index (χ1n) is 9.58. The van der Waals surface area contributed by atoms with Gasteiger partial charge in [-0.05, 0) is 42.9 Å². The molecule has 1 saturated heterocycles. The highest BCUT2D eigenvalue weighted by atomic mass is 16.2. The van der Waals surface area contributed by atoms with Gasteiger partial charge in [0.2, 0.25) is 11.8 Å². The van der Waals surface area contributed by atoms with Crippen LogP contribution in [0.25, 0.3) is 0 Å². The zero-order valence-corrected chi connectivity index (χ0v) is 15.4. The van der Waals surface area contributed by atoms with Crippen LogP contribution >= 0.6 is 0 Å². The maximum Gasteiger partial charge on any atom is 0.241 e. The molecule has 1 unspecified atom stereocenters. The van der Waals surface area contributed by atoms with Gasteiger partial charge in [0.25, 0.3) is 0 Å². The third-order valence-corrected chi connectivity index (χ3v) is 6.16. The summed E-state index contributed by atoms with van der Waals surface area (Å²) in [5, 5.41) is 3.07.